The van der Waals surface area contributed by atoms with Gasteiger partial charge in [0.05, 0.1) is 6.61 Å². The highest BCUT2D eigenvalue weighted by Crippen LogP contribution is 2.12. The van der Waals surface area contributed by atoms with Crippen LogP contribution in [0.25, 0.3) is 0 Å². The summed E-state index contributed by atoms with van der Waals surface area (Å²) in [7, 11) is 0. The van der Waals surface area contributed by atoms with Crippen LogP contribution in [0.15, 0.2) is 36.7 Å². The second kappa shape index (κ2) is 17.1. The number of terminal acetylenes is 1. The average molecular weight is 405 g/mol. The second-order valence-electron chi connectivity index (χ2n) is 7.26. The van der Waals surface area contributed by atoms with Crippen molar-refractivity contribution in [3.63, 3.8) is 0 Å². The van der Waals surface area contributed by atoms with Crippen molar-refractivity contribution in [3.8, 4) is 30.4 Å². The number of ether oxygens (including phenoxy) is 1. The van der Waals surface area contributed by atoms with Gasteiger partial charge in [-0.05, 0) is 55.0 Å². The molecule has 3 nitrogen and oxygen atoms in total. The highest BCUT2D eigenvalue weighted by atomic mass is 16.5. The Labute approximate surface area is 183 Å². The Bertz CT molecular complexity index is 751. The number of aryl methyl sites for hydroxylation is 1. The average Bonchev–Trinajstić information content (AvgIpc) is 2.80. The molecule has 0 aliphatic rings. The first kappa shape index (κ1) is 25.3. The highest BCUT2D eigenvalue weighted by Gasteiger charge is 1.97. The summed E-state index contributed by atoms with van der Waals surface area (Å²) in [5.41, 5.74) is 2.14. The largest absolute Gasteiger partial charge is 0.494 e. The van der Waals surface area contributed by atoms with Crippen LogP contribution in [0, 0.1) is 24.7 Å². The Kier molecular flexibility index (Phi) is 14.4. The van der Waals surface area contributed by atoms with Crippen molar-refractivity contribution in [3.05, 3.63) is 53.6 Å². The molecule has 160 valence electrons. The maximum atomic E-state index is 5.73. The van der Waals surface area contributed by atoms with Crippen molar-refractivity contribution >= 4 is 0 Å². The molecule has 0 aliphatic heterocycles. The van der Waals surface area contributed by atoms with Crippen LogP contribution < -0.4 is 4.74 Å². The topological polar surface area (TPSA) is 35.0 Å². The van der Waals surface area contributed by atoms with Crippen molar-refractivity contribution in [2.45, 2.75) is 78.1 Å². The van der Waals surface area contributed by atoms with Gasteiger partial charge < -0.3 is 4.74 Å². The van der Waals surface area contributed by atoms with Crippen LogP contribution in [-0.4, -0.2) is 16.6 Å². The molecule has 0 amide bonds. The number of hydrogen-bond donors (Lipinski definition) is 0. The van der Waals surface area contributed by atoms with Gasteiger partial charge in [0, 0.05) is 18.0 Å². The Morgan fingerprint density at radius 3 is 2.03 bits per heavy atom. The van der Waals surface area contributed by atoms with E-state index in [1.165, 1.54) is 56.9 Å². The molecule has 3 heteroatoms. The number of hydrogen-bond acceptors (Lipinski definition) is 3. The molecule has 0 unspecified atom stereocenters. The number of unbranched alkanes of at least 4 members (excludes halogenated alkanes) is 7. The van der Waals surface area contributed by atoms with E-state index in [2.05, 4.69) is 48.5 Å². The number of aromatic nitrogens is 2. The minimum atomic E-state index is 0.576. The van der Waals surface area contributed by atoms with Crippen LogP contribution >= 0.6 is 0 Å². The molecule has 2 aromatic rings. The molecule has 0 radical (unpaired) electrons. The van der Waals surface area contributed by atoms with Gasteiger partial charge in [0.15, 0.2) is 0 Å². The molecule has 0 saturated carbocycles. The van der Waals surface area contributed by atoms with Crippen LogP contribution in [0.5, 0.6) is 5.75 Å². The zero-order valence-corrected chi connectivity index (χ0v) is 18.7. The lowest BCUT2D eigenvalue weighted by atomic mass is 10.1. The van der Waals surface area contributed by atoms with E-state index in [0.717, 1.165) is 30.8 Å². The fraction of sp³-hybridized carbons (Fsp3) is 0.481. The zero-order chi connectivity index (χ0) is 21.9. The molecule has 0 bridgehead atoms. The Morgan fingerprint density at radius 2 is 1.37 bits per heavy atom. The molecule has 1 aromatic heterocycles. The monoisotopic (exact) mass is 404 g/mol. The van der Waals surface area contributed by atoms with Crippen molar-refractivity contribution in [1.29, 1.82) is 0 Å². The molecule has 1 aromatic carbocycles. The molecular weight excluding hydrogens is 368 g/mol. The van der Waals surface area contributed by atoms with Crippen molar-refractivity contribution in [1.82, 2.24) is 9.97 Å². The molecule has 2 rings (SSSR count). The number of benzene rings is 1. The molecule has 0 atom stereocenters. The van der Waals surface area contributed by atoms with Crippen LogP contribution in [0.4, 0.5) is 0 Å². The fourth-order valence-electron chi connectivity index (χ4n) is 2.96. The van der Waals surface area contributed by atoms with Gasteiger partial charge in [0.25, 0.3) is 0 Å². The van der Waals surface area contributed by atoms with E-state index < -0.39 is 0 Å². The van der Waals surface area contributed by atoms with Crippen molar-refractivity contribution in [2.24, 2.45) is 0 Å². The van der Waals surface area contributed by atoms with Gasteiger partial charge in [-0.1, -0.05) is 64.7 Å². The first-order valence-electron chi connectivity index (χ1n) is 11.2. The van der Waals surface area contributed by atoms with Gasteiger partial charge in [-0.3, -0.25) is 0 Å². The summed E-state index contributed by atoms with van der Waals surface area (Å²) >= 11 is 0. The van der Waals surface area contributed by atoms with E-state index in [4.69, 9.17) is 4.74 Å². The highest BCUT2D eigenvalue weighted by molar-refractivity contribution is 5.41. The normalized spacial score (nSPS) is 9.73. The smallest absolute Gasteiger partial charge is 0.205 e. The summed E-state index contributed by atoms with van der Waals surface area (Å²) in [5.74, 6) is 7.65. The van der Waals surface area contributed by atoms with Gasteiger partial charge in [-0.15, -0.1) is 12.8 Å². The van der Waals surface area contributed by atoms with Crippen molar-refractivity contribution < 1.29 is 4.74 Å². The molecule has 0 N–H and O–H groups in total. The third-order valence-corrected chi connectivity index (χ3v) is 4.71. The second-order valence-corrected chi connectivity index (χ2v) is 7.26. The summed E-state index contributed by atoms with van der Waals surface area (Å²) in [6.07, 6.45) is 24.2. The third-order valence-electron chi connectivity index (χ3n) is 4.71. The zero-order valence-electron chi connectivity index (χ0n) is 18.7. The number of nitrogens with zero attached hydrogens (tertiary/aromatic N) is 2. The molecule has 0 spiro atoms. The van der Waals surface area contributed by atoms with E-state index in [0.29, 0.717) is 5.82 Å². The predicted molar refractivity (Wildman–Crippen MR) is 126 cm³/mol. The molecule has 0 saturated heterocycles. The van der Waals surface area contributed by atoms with Crippen molar-refractivity contribution in [2.75, 3.05) is 6.61 Å². The van der Waals surface area contributed by atoms with Crippen LogP contribution in [0.1, 0.15) is 88.6 Å². The van der Waals surface area contributed by atoms with E-state index in [-0.39, 0.29) is 0 Å². The van der Waals surface area contributed by atoms with Gasteiger partial charge in [0.2, 0.25) is 5.82 Å². The predicted octanol–water partition coefficient (Wildman–Crippen LogP) is 6.60. The molecule has 1 heterocycles. The van der Waals surface area contributed by atoms with E-state index in [1.807, 2.05) is 36.7 Å². The summed E-state index contributed by atoms with van der Waals surface area (Å²) < 4.78 is 5.73. The van der Waals surface area contributed by atoms with Crippen LogP contribution in [-0.2, 0) is 6.42 Å². The summed E-state index contributed by atoms with van der Waals surface area (Å²) in [6, 6.07) is 7.91. The lowest BCUT2D eigenvalue weighted by Crippen LogP contribution is -1.96. The minimum Gasteiger partial charge on any atom is -0.494 e. The standard InChI is InChI=1S/C25H34N2O.C2H2/c1-3-5-7-8-9-10-12-23-20-26-25(27-21-23)18-15-22-13-16-24(17-14-22)28-19-11-6-4-2;1-2/h13-14,16-17,20-21H,3-12,19H2,1-2H3;1-2H. The Hall–Kier alpha value is -2.78. The molecule has 0 fully saturated rings. The summed E-state index contributed by atoms with van der Waals surface area (Å²) in [5, 5.41) is 0. The van der Waals surface area contributed by atoms with Crippen LogP contribution in [0.3, 0.4) is 0 Å². The quantitative estimate of drug-likeness (QED) is 0.295. The first-order chi connectivity index (χ1) is 14.8. The molecule has 0 aliphatic carbocycles. The summed E-state index contributed by atoms with van der Waals surface area (Å²) in [4.78, 5) is 8.78. The van der Waals surface area contributed by atoms with E-state index in [1.54, 1.807) is 0 Å². The Morgan fingerprint density at radius 1 is 0.767 bits per heavy atom. The third kappa shape index (κ3) is 11.3. The summed E-state index contributed by atoms with van der Waals surface area (Å²) in [6.45, 7) is 5.22. The van der Waals surface area contributed by atoms with Crippen LogP contribution in [0.2, 0.25) is 0 Å². The lowest BCUT2D eigenvalue weighted by molar-refractivity contribution is 0.306. The maximum absolute atomic E-state index is 5.73. The SMILES string of the molecule is C#C.CCCCCCCCc1cnc(C#Cc2ccc(OCCCCC)cc2)nc1. The van der Waals surface area contributed by atoms with Gasteiger partial charge >= 0.3 is 0 Å². The first-order valence-corrected chi connectivity index (χ1v) is 11.2. The van der Waals surface area contributed by atoms with Gasteiger partial charge in [-0.25, -0.2) is 9.97 Å². The maximum Gasteiger partial charge on any atom is 0.205 e. The Balaban J connectivity index is 0.00000218. The van der Waals surface area contributed by atoms with Gasteiger partial charge in [0.1, 0.15) is 5.75 Å². The molecule has 30 heavy (non-hydrogen) atoms. The minimum absolute atomic E-state index is 0.576. The molecular formula is C27H36N2O. The number of rotatable bonds is 12. The van der Waals surface area contributed by atoms with Gasteiger partial charge in [-0.2, -0.15) is 0 Å². The fourth-order valence-corrected chi connectivity index (χ4v) is 2.96. The lowest BCUT2D eigenvalue weighted by Gasteiger charge is -2.05. The van der Waals surface area contributed by atoms with E-state index in [9.17, 15) is 0 Å². The van der Waals surface area contributed by atoms with E-state index >= 15 is 0 Å².